The number of amides is 1. The van der Waals surface area contributed by atoms with Gasteiger partial charge in [-0.2, -0.15) is 0 Å². The number of carbonyl (C=O) groups is 1. The molecule has 3 heteroatoms. The summed E-state index contributed by atoms with van der Waals surface area (Å²) in [6, 6.07) is 18.1. The number of benzene rings is 2. The minimum Gasteiger partial charge on any atom is -0.378 e. The summed E-state index contributed by atoms with van der Waals surface area (Å²) in [5.74, 6) is -0.255. The number of aliphatic hydroxyl groups is 1. The zero-order chi connectivity index (χ0) is 16.4. The van der Waals surface area contributed by atoms with E-state index >= 15 is 0 Å². The molecule has 0 aromatic heterocycles. The molecule has 1 N–H and O–H groups in total. The molecule has 1 amide bonds. The maximum atomic E-state index is 12.8. The molecular formula is C20H19NO2. The van der Waals surface area contributed by atoms with Crippen molar-refractivity contribution in [1.29, 1.82) is 0 Å². The number of para-hydroxylation sites is 1. The number of carbonyl (C=O) groups excluding carboxylic acids is 1. The van der Waals surface area contributed by atoms with Crippen molar-refractivity contribution in [3.05, 3.63) is 91.0 Å². The number of anilines is 1. The van der Waals surface area contributed by atoms with Gasteiger partial charge in [0.15, 0.2) is 0 Å². The summed E-state index contributed by atoms with van der Waals surface area (Å²) in [4.78, 5) is 14.4. The van der Waals surface area contributed by atoms with Gasteiger partial charge >= 0.3 is 0 Å². The van der Waals surface area contributed by atoms with Gasteiger partial charge in [0.05, 0.1) is 6.04 Å². The van der Waals surface area contributed by atoms with E-state index in [1.807, 2.05) is 60.7 Å². The molecule has 23 heavy (non-hydrogen) atoms. The summed E-state index contributed by atoms with van der Waals surface area (Å²) in [5.41, 5.74) is 0.183. The highest BCUT2D eigenvalue weighted by molar-refractivity contribution is 6.10. The van der Waals surface area contributed by atoms with Crippen molar-refractivity contribution in [2.75, 3.05) is 4.90 Å². The molecule has 0 bridgehead atoms. The Kier molecular flexibility index (Phi) is 3.89. The molecule has 0 spiro atoms. The van der Waals surface area contributed by atoms with Crippen LogP contribution in [0.15, 0.2) is 85.5 Å². The van der Waals surface area contributed by atoms with Gasteiger partial charge in [-0.15, -0.1) is 6.58 Å². The topological polar surface area (TPSA) is 40.5 Å². The highest BCUT2D eigenvalue weighted by Crippen LogP contribution is 2.45. The summed E-state index contributed by atoms with van der Waals surface area (Å²) in [6.07, 6.45) is 2.19. The Bertz CT molecular complexity index is 739. The van der Waals surface area contributed by atoms with Crippen LogP contribution >= 0.6 is 0 Å². The van der Waals surface area contributed by atoms with Crippen LogP contribution in [0.25, 0.3) is 0 Å². The third-order valence-electron chi connectivity index (χ3n) is 4.37. The fraction of sp³-hybridized carbons (Fsp3) is 0.150. The average molecular weight is 305 g/mol. The third-order valence-corrected chi connectivity index (χ3v) is 4.37. The van der Waals surface area contributed by atoms with Gasteiger partial charge in [-0.1, -0.05) is 61.2 Å². The zero-order valence-corrected chi connectivity index (χ0v) is 12.9. The first kappa shape index (κ1) is 15.3. The summed E-state index contributed by atoms with van der Waals surface area (Å²) in [7, 11) is 0. The molecular weight excluding hydrogens is 286 g/mol. The van der Waals surface area contributed by atoms with Gasteiger partial charge in [-0.3, -0.25) is 4.79 Å². The van der Waals surface area contributed by atoms with Gasteiger partial charge in [-0.25, -0.2) is 0 Å². The maximum Gasteiger partial charge on any atom is 0.257 e. The molecule has 116 valence electrons. The number of hydrogen-bond acceptors (Lipinski definition) is 2. The molecule has 3 rings (SSSR count). The molecule has 1 saturated heterocycles. The number of nitrogens with zero attached hydrogens (tertiary/aromatic N) is 1. The molecule has 2 atom stereocenters. The highest BCUT2D eigenvalue weighted by Gasteiger charge is 2.54. The molecule has 1 aliphatic rings. The SMILES string of the molecule is C=CC[C@@H]1N(c2ccccc2)C(=O)C(=C)[C@@]1(O)c1ccccc1. The second-order valence-corrected chi connectivity index (χ2v) is 5.66. The average Bonchev–Trinajstić information content (AvgIpc) is 2.79. The van der Waals surface area contributed by atoms with Gasteiger partial charge in [0.2, 0.25) is 0 Å². The second kappa shape index (κ2) is 5.86. The Labute approximate surface area is 136 Å². The van der Waals surface area contributed by atoms with Crippen molar-refractivity contribution >= 4 is 11.6 Å². The van der Waals surface area contributed by atoms with Crippen LogP contribution < -0.4 is 4.90 Å². The lowest BCUT2D eigenvalue weighted by atomic mass is 9.82. The first-order valence-electron chi connectivity index (χ1n) is 7.57. The normalized spacial score (nSPS) is 24.0. The lowest BCUT2D eigenvalue weighted by Crippen LogP contribution is -2.43. The first-order chi connectivity index (χ1) is 11.1. The zero-order valence-electron chi connectivity index (χ0n) is 12.9. The van der Waals surface area contributed by atoms with E-state index in [-0.39, 0.29) is 11.5 Å². The first-order valence-corrected chi connectivity index (χ1v) is 7.57. The van der Waals surface area contributed by atoms with Crippen LogP contribution in [-0.2, 0) is 10.4 Å². The fourth-order valence-electron chi connectivity index (χ4n) is 3.22. The van der Waals surface area contributed by atoms with Crippen molar-refractivity contribution in [1.82, 2.24) is 0 Å². The molecule has 0 radical (unpaired) electrons. The van der Waals surface area contributed by atoms with E-state index < -0.39 is 11.6 Å². The van der Waals surface area contributed by atoms with Crippen LogP contribution in [-0.4, -0.2) is 17.1 Å². The quantitative estimate of drug-likeness (QED) is 0.694. The summed E-state index contributed by atoms with van der Waals surface area (Å²) in [5, 5.41) is 11.4. The standard InChI is InChI=1S/C20H19NO2/c1-3-10-18-20(23,16-11-6-4-7-12-16)15(2)19(22)21(18)17-13-8-5-9-14-17/h3-9,11-14,18,23H,1-2,10H2/t18-,20+/m0/s1. The van der Waals surface area contributed by atoms with Crippen molar-refractivity contribution in [2.45, 2.75) is 18.1 Å². The van der Waals surface area contributed by atoms with Gasteiger partial charge in [0.25, 0.3) is 5.91 Å². The van der Waals surface area contributed by atoms with Crippen LogP contribution in [0.4, 0.5) is 5.69 Å². The van der Waals surface area contributed by atoms with Crippen LogP contribution in [0, 0.1) is 0 Å². The molecule has 1 aliphatic heterocycles. The Morgan fingerprint density at radius 2 is 1.65 bits per heavy atom. The number of hydrogen-bond donors (Lipinski definition) is 1. The van der Waals surface area contributed by atoms with Crippen molar-refractivity contribution in [2.24, 2.45) is 0 Å². The molecule has 0 saturated carbocycles. The van der Waals surface area contributed by atoms with Gasteiger partial charge in [-0.05, 0) is 24.1 Å². The summed E-state index contributed by atoms with van der Waals surface area (Å²) < 4.78 is 0. The molecule has 3 nitrogen and oxygen atoms in total. The smallest absolute Gasteiger partial charge is 0.257 e. The minimum atomic E-state index is -1.43. The lowest BCUT2D eigenvalue weighted by molar-refractivity contribution is -0.114. The van der Waals surface area contributed by atoms with E-state index in [4.69, 9.17) is 0 Å². The van der Waals surface area contributed by atoms with E-state index in [0.29, 0.717) is 12.0 Å². The highest BCUT2D eigenvalue weighted by atomic mass is 16.3. The van der Waals surface area contributed by atoms with E-state index in [9.17, 15) is 9.90 Å². The van der Waals surface area contributed by atoms with Crippen molar-refractivity contribution in [3.63, 3.8) is 0 Å². The van der Waals surface area contributed by atoms with E-state index in [2.05, 4.69) is 13.2 Å². The largest absolute Gasteiger partial charge is 0.378 e. The van der Waals surface area contributed by atoms with Crippen LogP contribution in [0.5, 0.6) is 0 Å². The van der Waals surface area contributed by atoms with Gasteiger partial charge < -0.3 is 10.0 Å². The molecule has 2 aromatic rings. The van der Waals surface area contributed by atoms with Gasteiger partial charge in [0.1, 0.15) is 5.60 Å². The van der Waals surface area contributed by atoms with Crippen LogP contribution in [0.3, 0.4) is 0 Å². The molecule has 0 unspecified atom stereocenters. The predicted molar refractivity (Wildman–Crippen MR) is 92.0 cm³/mol. The second-order valence-electron chi connectivity index (χ2n) is 5.66. The molecule has 0 aliphatic carbocycles. The van der Waals surface area contributed by atoms with Crippen LogP contribution in [0.1, 0.15) is 12.0 Å². The number of rotatable bonds is 4. The van der Waals surface area contributed by atoms with E-state index in [0.717, 1.165) is 5.69 Å². The Morgan fingerprint density at radius 3 is 2.22 bits per heavy atom. The lowest BCUT2D eigenvalue weighted by Gasteiger charge is -2.33. The Hall–Kier alpha value is -2.65. The Balaban J connectivity index is 2.15. The Morgan fingerprint density at radius 1 is 1.09 bits per heavy atom. The minimum absolute atomic E-state index is 0.194. The predicted octanol–water partition coefficient (Wildman–Crippen LogP) is 3.42. The molecule has 1 heterocycles. The van der Waals surface area contributed by atoms with Crippen LogP contribution in [0.2, 0.25) is 0 Å². The van der Waals surface area contributed by atoms with E-state index in [1.54, 1.807) is 11.0 Å². The molecule has 1 fully saturated rings. The monoisotopic (exact) mass is 305 g/mol. The third kappa shape index (κ3) is 2.30. The van der Waals surface area contributed by atoms with Gasteiger partial charge in [0, 0.05) is 11.3 Å². The van der Waals surface area contributed by atoms with Crippen molar-refractivity contribution < 1.29 is 9.90 Å². The maximum absolute atomic E-state index is 12.8. The van der Waals surface area contributed by atoms with E-state index in [1.165, 1.54) is 0 Å². The fourth-order valence-corrected chi connectivity index (χ4v) is 3.22. The summed E-state index contributed by atoms with van der Waals surface area (Å²) in [6.45, 7) is 7.68. The summed E-state index contributed by atoms with van der Waals surface area (Å²) >= 11 is 0. The van der Waals surface area contributed by atoms with Crippen molar-refractivity contribution in [3.8, 4) is 0 Å². The molecule has 2 aromatic carbocycles.